The van der Waals surface area contributed by atoms with Crippen LogP contribution in [-0.2, 0) is 4.79 Å². The summed E-state index contributed by atoms with van der Waals surface area (Å²) in [5, 5.41) is 13.4. The standard InChI is InChI=1S/C13H17N3O4/c1-13(14,8-3-4-8)12(17)15-10-6-5-9(16(18)19)7-11(10)20-2/h5-8H,3-4,14H2,1-2H3,(H,15,17). The van der Waals surface area contributed by atoms with E-state index in [1.807, 2.05) is 0 Å². The van der Waals surface area contributed by atoms with Crippen molar-refractivity contribution in [3.63, 3.8) is 0 Å². The van der Waals surface area contributed by atoms with Gasteiger partial charge in [-0.25, -0.2) is 0 Å². The van der Waals surface area contributed by atoms with E-state index in [4.69, 9.17) is 10.5 Å². The Morgan fingerprint density at radius 1 is 1.55 bits per heavy atom. The van der Waals surface area contributed by atoms with E-state index < -0.39 is 10.5 Å². The van der Waals surface area contributed by atoms with Crippen LogP contribution in [0.15, 0.2) is 18.2 Å². The largest absolute Gasteiger partial charge is 0.494 e. The number of ether oxygens (including phenoxy) is 1. The maximum absolute atomic E-state index is 12.2. The van der Waals surface area contributed by atoms with Crippen LogP contribution in [0.25, 0.3) is 0 Å². The van der Waals surface area contributed by atoms with Crippen molar-refractivity contribution in [1.29, 1.82) is 0 Å². The van der Waals surface area contributed by atoms with Crippen molar-refractivity contribution in [2.75, 3.05) is 12.4 Å². The molecule has 0 heterocycles. The lowest BCUT2D eigenvalue weighted by atomic mass is 9.96. The van der Waals surface area contributed by atoms with Gasteiger partial charge < -0.3 is 15.8 Å². The lowest BCUT2D eigenvalue weighted by Crippen LogP contribution is -2.50. The van der Waals surface area contributed by atoms with Crippen molar-refractivity contribution >= 4 is 17.3 Å². The summed E-state index contributed by atoms with van der Waals surface area (Å²) in [5.41, 5.74) is 5.36. The Bertz CT molecular complexity index is 553. The molecular weight excluding hydrogens is 262 g/mol. The molecule has 1 saturated carbocycles. The van der Waals surface area contributed by atoms with E-state index in [1.165, 1.54) is 25.3 Å². The van der Waals surface area contributed by atoms with Gasteiger partial charge in [-0.2, -0.15) is 0 Å². The number of amides is 1. The van der Waals surface area contributed by atoms with Gasteiger partial charge in [0.2, 0.25) is 5.91 Å². The van der Waals surface area contributed by atoms with Gasteiger partial charge in [0.1, 0.15) is 5.75 Å². The maximum Gasteiger partial charge on any atom is 0.273 e. The van der Waals surface area contributed by atoms with Gasteiger partial charge in [0, 0.05) is 6.07 Å². The summed E-state index contributed by atoms with van der Waals surface area (Å²) in [6.07, 6.45) is 1.88. The highest BCUT2D eigenvalue weighted by molar-refractivity contribution is 5.99. The van der Waals surface area contributed by atoms with Crippen LogP contribution in [0.4, 0.5) is 11.4 Å². The van der Waals surface area contributed by atoms with Crippen LogP contribution in [0.1, 0.15) is 19.8 Å². The van der Waals surface area contributed by atoms with Crippen molar-refractivity contribution in [2.45, 2.75) is 25.3 Å². The first kappa shape index (κ1) is 14.3. The fourth-order valence-electron chi connectivity index (χ4n) is 2.02. The molecule has 1 aliphatic rings. The van der Waals surface area contributed by atoms with E-state index in [9.17, 15) is 14.9 Å². The molecular formula is C13H17N3O4. The first-order valence-electron chi connectivity index (χ1n) is 6.29. The Hall–Kier alpha value is -2.15. The average Bonchev–Trinajstić information content (AvgIpc) is 3.23. The van der Waals surface area contributed by atoms with Gasteiger partial charge in [-0.1, -0.05) is 0 Å². The van der Waals surface area contributed by atoms with Crippen LogP contribution in [0, 0.1) is 16.0 Å². The highest BCUT2D eigenvalue weighted by atomic mass is 16.6. The number of nitrogens with one attached hydrogen (secondary N) is 1. The number of anilines is 1. The van der Waals surface area contributed by atoms with E-state index in [2.05, 4.69) is 5.32 Å². The molecule has 1 unspecified atom stereocenters. The number of nitrogens with two attached hydrogens (primary N) is 1. The summed E-state index contributed by atoms with van der Waals surface area (Å²) in [4.78, 5) is 22.4. The van der Waals surface area contributed by atoms with Gasteiger partial charge in [-0.3, -0.25) is 14.9 Å². The van der Waals surface area contributed by atoms with Gasteiger partial charge in [-0.05, 0) is 31.7 Å². The molecule has 2 rings (SSSR count). The normalized spacial score (nSPS) is 17.1. The predicted octanol–water partition coefficient (Wildman–Crippen LogP) is 1.67. The third-order valence-corrected chi connectivity index (χ3v) is 3.56. The molecule has 1 aliphatic carbocycles. The third kappa shape index (κ3) is 2.72. The molecule has 0 bridgehead atoms. The zero-order valence-electron chi connectivity index (χ0n) is 11.4. The summed E-state index contributed by atoms with van der Waals surface area (Å²) < 4.78 is 5.07. The molecule has 1 aromatic carbocycles. The number of carbonyl (C=O) groups is 1. The lowest BCUT2D eigenvalue weighted by Gasteiger charge is -2.23. The van der Waals surface area contributed by atoms with Crippen molar-refractivity contribution in [1.82, 2.24) is 0 Å². The summed E-state index contributed by atoms with van der Waals surface area (Å²) in [6, 6.07) is 4.02. The number of nitro benzene ring substituents is 1. The van der Waals surface area contributed by atoms with Crippen LogP contribution >= 0.6 is 0 Å². The smallest absolute Gasteiger partial charge is 0.273 e. The minimum atomic E-state index is -0.938. The second kappa shape index (κ2) is 5.09. The van der Waals surface area contributed by atoms with Crippen LogP contribution in [0.2, 0.25) is 0 Å². The monoisotopic (exact) mass is 279 g/mol. The topological polar surface area (TPSA) is 107 Å². The first-order chi connectivity index (χ1) is 9.36. The Morgan fingerprint density at radius 3 is 2.70 bits per heavy atom. The number of benzene rings is 1. The molecule has 0 aliphatic heterocycles. The summed E-state index contributed by atoms with van der Waals surface area (Å²) >= 11 is 0. The number of nitro groups is 1. The zero-order valence-corrected chi connectivity index (χ0v) is 11.4. The van der Waals surface area contributed by atoms with E-state index in [-0.39, 0.29) is 23.3 Å². The molecule has 20 heavy (non-hydrogen) atoms. The number of non-ortho nitro benzene ring substituents is 1. The van der Waals surface area contributed by atoms with Gasteiger partial charge in [0.25, 0.3) is 5.69 Å². The van der Waals surface area contributed by atoms with E-state index in [1.54, 1.807) is 6.92 Å². The van der Waals surface area contributed by atoms with Crippen LogP contribution < -0.4 is 15.8 Å². The first-order valence-corrected chi connectivity index (χ1v) is 6.29. The second-order valence-corrected chi connectivity index (χ2v) is 5.15. The fraction of sp³-hybridized carbons (Fsp3) is 0.462. The molecule has 0 aromatic heterocycles. The number of nitrogens with zero attached hydrogens (tertiary/aromatic N) is 1. The SMILES string of the molecule is COc1cc([N+](=O)[O-])ccc1NC(=O)C(C)(N)C1CC1. The Morgan fingerprint density at radius 2 is 2.20 bits per heavy atom. The molecule has 7 nitrogen and oxygen atoms in total. The molecule has 1 amide bonds. The van der Waals surface area contributed by atoms with E-state index in [0.717, 1.165) is 12.8 Å². The average molecular weight is 279 g/mol. The highest BCUT2D eigenvalue weighted by Crippen LogP contribution is 2.39. The molecule has 7 heteroatoms. The van der Waals surface area contributed by atoms with Crippen LogP contribution in [-0.4, -0.2) is 23.5 Å². The summed E-state index contributed by atoms with van der Waals surface area (Å²) in [6.45, 7) is 1.69. The van der Waals surface area contributed by atoms with Crippen LogP contribution in [0.3, 0.4) is 0 Å². The number of methoxy groups -OCH3 is 1. The minimum Gasteiger partial charge on any atom is -0.494 e. The van der Waals surface area contributed by atoms with Crippen LogP contribution in [0.5, 0.6) is 5.75 Å². The lowest BCUT2D eigenvalue weighted by molar-refractivity contribution is -0.384. The number of rotatable bonds is 5. The minimum absolute atomic E-state index is 0.0995. The van der Waals surface area contributed by atoms with E-state index in [0.29, 0.717) is 5.69 Å². The highest BCUT2D eigenvalue weighted by Gasteiger charge is 2.44. The summed E-state index contributed by atoms with van der Waals surface area (Å²) in [7, 11) is 1.39. The molecule has 1 atom stereocenters. The molecule has 1 fully saturated rings. The van der Waals surface area contributed by atoms with Crippen molar-refractivity contribution < 1.29 is 14.5 Å². The molecule has 3 N–H and O–H groups in total. The van der Waals surface area contributed by atoms with Gasteiger partial charge in [0.15, 0.2) is 0 Å². The molecule has 0 saturated heterocycles. The number of carbonyl (C=O) groups excluding carboxylic acids is 1. The Balaban J connectivity index is 2.20. The molecule has 1 aromatic rings. The van der Waals surface area contributed by atoms with Gasteiger partial charge in [0.05, 0.1) is 29.3 Å². The van der Waals surface area contributed by atoms with Gasteiger partial charge in [-0.15, -0.1) is 0 Å². The number of hydrogen-bond donors (Lipinski definition) is 2. The Labute approximate surface area is 116 Å². The fourth-order valence-corrected chi connectivity index (χ4v) is 2.02. The molecule has 108 valence electrons. The molecule has 0 spiro atoms. The molecule has 0 radical (unpaired) electrons. The van der Waals surface area contributed by atoms with E-state index >= 15 is 0 Å². The zero-order chi connectivity index (χ0) is 14.9. The van der Waals surface area contributed by atoms with Crippen molar-refractivity contribution in [2.24, 2.45) is 11.7 Å². The predicted molar refractivity (Wildman–Crippen MR) is 73.6 cm³/mol. The summed E-state index contributed by atoms with van der Waals surface area (Å²) in [5.74, 6) is 0.109. The quantitative estimate of drug-likeness (QED) is 0.629. The van der Waals surface area contributed by atoms with Crippen molar-refractivity contribution in [3.05, 3.63) is 28.3 Å². The third-order valence-electron chi connectivity index (χ3n) is 3.56. The number of hydrogen-bond acceptors (Lipinski definition) is 5. The second-order valence-electron chi connectivity index (χ2n) is 5.15. The maximum atomic E-state index is 12.2. The van der Waals surface area contributed by atoms with Crippen molar-refractivity contribution in [3.8, 4) is 5.75 Å². The van der Waals surface area contributed by atoms with Gasteiger partial charge >= 0.3 is 0 Å². The Kier molecular flexibility index (Phi) is 3.63.